The van der Waals surface area contributed by atoms with Crippen LogP contribution in [0.1, 0.15) is 98.3 Å². The molecule has 2 aliphatic heterocycles. The Morgan fingerprint density at radius 2 is 1.80 bits per heavy atom. The quantitative estimate of drug-likeness (QED) is 0.407. The Hall–Kier alpha value is -2.37. The summed E-state index contributed by atoms with van der Waals surface area (Å²) in [5, 5.41) is 10.3. The Balaban J connectivity index is 1.31. The number of hydrogen-bond donors (Lipinski definition) is 2. The van der Waals surface area contributed by atoms with Crippen LogP contribution in [-0.4, -0.2) is 69.9 Å². The van der Waals surface area contributed by atoms with Crippen LogP contribution in [0.2, 0.25) is 0 Å². The van der Waals surface area contributed by atoms with Gasteiger partial charge in [-0.15, -0.1) is 0 Å². The van der Waals surface area contributed by atoms with Crippen LogP contribution < -0.4 is 11.2 Å². The van der Waals surface area contributed by atoms with E-state index in [0.717, 1.165) is 79.7 Å². The number of aryl methyl sites for hydroxylation is 1. The molecule has 3 N–H and O–H groups in total. The number of amides is 1. The van der Waals surface area contributed by atoms with Crippen molar-refractivity contribution in [2.45, 2.75) is 95.4 Å². The van der Waals surface area contributed by atoms with Crippen molar-refractivity contribution in [3.63, 3.8) is 0 Å². The average molecular weight is 577 g/mol. The molecule has 6 rings (SSSR count). The van der Waals surface area contributed by atoms with Crippen molar-refractivity contribution >= 4 is 40.2 Å². The van der Waals surface area contributed by atoms with Gasteiger partial charge in [-0.1, -0.05) is 35.6 Å². The summed E-state index contributed by atoms with van der Waals surface area (Å²) in [6.45, 7) is 11.2. The highest BCUT2D eigenvalue weighted by Gasteiger charge is 2.51. The van der Waals surface area contributed by atoms with Crippen molar-refractivity contribution in [1.82, 2.24) is 14.9 Å². The van der Waals surface area contributed by atoms with Gasteiger partial charge in [-0.3, -0.25) is 4.79 Å². The number of nitrogens with two attached hydrogens (primary N) is 1. The summed E-state index contributed by atoms with van der Waals surface area (Å²) in [5.74, 6) is 0.0382. The van der Waals surface area contributed by atoms with Crippen LogP contribution >= 0.6 is 11.3 Å². The van der Waals surface area contributed by atoms with Gasteiger partial charge in [-0.2, -0.15) is 0 Å². The molecule has 0 radical (unpaired) electrons. The van der Waals surface area contributed by atoms with E-state index in [4.69, 9.17) is 20.0 Å². The molecule has 3 aliphatic rings. The highest BCUT2D eigenvalue weighted by atomic mass is 32.1. The summed E-state index contributed by atoms with van der Waals surface area (Å²) < 4.78 is 12.6. The summed E-state index contributed by atoms with van der Waals surface area (Å²) in [6.07, 6.45) is 5.64. The Labute approximate surface area is 246 Å². The average Bonchev–Trinajstić information content (AvgIpc) is 3.45. The van der Waals surface area contributed by atoms with Gasteiger partial charge in [0, 0.05) is 24.7 Å². The largest absolute Gasteiger partial charge is 0.494 e. The van der Waals surface area contributed by atoms with E-state index in [0.29, 0.717) is 5.01 Å². The topological polar surface area (TPSA) is 111 Å². The molecule has 2 fully saturated rings. The lowest BCUT2D eigenvalue weighted by Crippen LogP contribution is -2.41. The predicted molar refractivity (Wildman–Crippen MR) is 163 cm³/mol. The fourth-order valence-corrected chi connectivity index (χ4v) is 7.31. The van der Waals surface area contributed by atoms with Crippen molar-refractivity contribution in [3.05, 3.63) is 52.2 Å². The van der Waals surface area contributed by atoms with Gasteiger partial charge in [0.25, 0.3) is 5.91 Å². The summed E-state index contributed by atoms with van der Waals surface area (Å²) in [4.78, 5) is 24.6. The first kappa shape index (κ1) is 28.7. The summed E-state index contributed by atoms with van der Waals surface area (Å²) >= 11 is 1.28. The molecule has 1 aliphatic carbocycles. The fraction of sp³-hybridized carbons (Fsp3) is 0.581. The number of primary amides is 1. The fourth-order valence-electron chi connectivity index (χ4n) is 6.53. The number of thiazole rings is 1. The monoisotopic (exact) mass is 576 g/mol. The van der Waals surface area contributed by atoms with Gasteiger partial charge < -0.3 is 25.0 Å². The first-order chi connectivity index (χ1) is 19.5. The molecule has 218 valence electrons. The molecule has 1 unspecified atom stereocenters. The number of nitrogens with zero attached hydrogens (tertiary/aromatic N) is 3. The third-order valence-corrected chi connectivity index (χ3v) is 10.7. The van der Waals surface area contributed by atoms with Crippen molar-refractivity contribution in [2.24, 2.45) is 5.73 Å². The zero-order chi connectivity index (χ0) is 28.9. The van der Waals surface area contributed by atoms with Crippen LogP contribution in [0, 0.1) is 0 Å². The van der Waals surface area contributed by atoms with Gasteiger partial charge in [0.2, 0.25) is 0 Å². The number of pyridine rings is 1. The molecule has 0 saturated carbocycles. The second-order valence-electron chi connectivity index (χ2n) is 13.0. The maximum Gasteiger partial charge on any atom is 0.494 e. The zero-order valence-electron chi connectivity index (χ0n) is 24.6. The number of likely N-dealkylation sites (tertiary alicyclic amines) is 1. The molecule has 41 heavy (non-hydrogen) atoms. The molecular weight excluding hydrogens is 535 g/mol. The van der Waals surface area contributed by atoms with E-state index >= 15 is 0 Å². The number of carbonyl (C=O) groups is 1. The van der Waals surface area contributed by atoms with Gasteiger partial charge in [0.1, 0.15) is 10.3 Å². The molecule has 8 nitrogen and oxygen atoms in total. The van der Waals surface area contributed by atoms with E-state index in [1.165, 1.54) is 22.5 Å². The minimum absolute atomic E-state index is 0.175. The SMILES string of the molecule is CC1(C)OB(c2ccc([C@H](CCN3CCC(O)CC3)C3CCCc4cc5nc(C(N)=O)sc5nc43)cc2)OC1(C)C. The van der Waals surface area contributed by atoms with Crippen LogP contribution in [-0.2, 0) is 15.7 Å². The first-order valence-electron chi connectivity index (χ1n) is 15.0. The molecule has 2 aromatic heterocycles. The third-order valence-electron chi connectivity index (χ3n) is 9.71. The Bertz CT molecular complexity index is 1400. The van der Waals surface area contributed by atoms with Crippen molar-refractivity contribution in [1.29, 1.82) is 0 Å². The molecule has 1 aromatic carbocycles. The van der Waals surface area contributed by atoms with E-state index < -0.39 is 5.91 Å². The lowest BCUT2D eigenvalue weighted by molar-refractivity contribution is 0.00578. The summed E-state index contributed by atoms with van der Waals surface area (Å²) in [7, 11) is -0.386. The van der Waals surface area contributed by atoms with Gasteiger partial charge in [-0.25, -0.2) is 9.97 Å². The lowest BCUT2D eigenvalue weighted by Gasteiger charge is -2.35. The van der Waals surface area contributed by atoms with Crippen LogP contribution in [0.4, 0.5) is 0 Å². The van der Waals surface area contributed by atoms with Crippen molar-refractivity contribution in [3.8, 4) is 0 Å². The van der Waals surface area contributed by atoms with Gasteiger partial charge in [0.15, 0.2) is 5.01 Å². The van der Waals surface area contributed by atoms with Gasteiger partial charge in [0.05, 0.1) is 17.3 Å². The minimum atomic E-state index is -0.505. The lowest BCUT2D eigenvalue weighted by atomic mass is 9.72. The van der Waals surface area contributed by atoms with Gasteiger partial charge in [-0.05, 0) is 101 Å². The molecule has 0 spiro atoms. The van der Waals surface area contributed by atoms with Crippen molar-refractivity contribution < 1.29 is 19.2 Å². The van der Waals surface area contributed by atoms with Crippen molar-refractivity contribution in [2.75, 3.05) is 19.6 Å². The van der Waals surface area contributed by atoms with Gasteiger partial charge >= 0.3 is 7.12 Å². The number of rotatable bonds is 7. The van der Waals surface area contributed by atoms with Crippen LogP contribution in [0.5, 0.6) is 0 Å². The maximum atomic E-state index is 11.8. The molecule has 1 amide bonds. The normalized spacial score (nSPS) is 23.5. The number of carbonyl (C=O) groups excluding carboxylic acids is 1. The Morgan fingerprint density at radius 3 is 2.46 bits per heavy atom. The number of benzene rings is 1. The Morgan fingerprint density at radius 1 is 1.12 bits per heavy atom. The molecular formula is C31H41BN4O4S. The van der Waals surface area contributed by atoms with Crippen LogP contribution in [0.15, 0.2) is 30.3 Å². The minimum Gasteiger partial charge on any atom is -0.399 e. The van der Waals surface area contributed by atoms with E-state index in [1.807, 2.05) is 0 Å². The standard InChI is InChI=1S/C31H41BN4O4S/c1-30(2)31(3,4)40-32(39-30)21-10-8-19(9-11-21)23(14-17-36-15-12-22(37)13-16-36)24-7-5-6-20-18-25-28(35-26(20)24)41-29(34-25)27(33)38/h8-11,18,22-24,37H,5-7,12-17H2,1-4H3,(H2,33,38)/t23-,24?/m0/s1. The van der Waals surface area contributed by atoms with Crippen LogP contribution in [0.25, 0.3) is 10.3 Å². The number of aliphatic hydroxyl groups excluding tert-OH is 1. The second kappa shape index (κ2) is 11.0. The van der Waals surface area contributed by atoms with E-state index in [-0.39, 0.29) is 36.3 Å². The molecule has 0 bridgehead atoms. The molecule has 2 saturated heterocycles. The van der Waals surface area contributed by atoms with E-state index in [1.54, 1.807) is 0 Å². The van der Waals surface area contributed by atoms with Crippen LogP contribution in [0.3, 0.4) is 0 Å². The summed E-state index contributed by atoms with van der Waals surface area (Å²) in [6, 6.07) is 10.9. The van der Waals surface area contributed by atoms with E-state index in [2.05, 4.69) is 67.9 Å². The number of aromatic nitrogens is 2. The molecule has 2 atom stereocenters. The smallest absolute Gasteiger partial charge is 0.399 e. The molecule has 3 aromatic rings. The number of aliphatic hydroxyl groups is 1. The number of fused-ring (bicyclic) bond motifs is 2. The molecule has 10 heteroatoms. The highest BCUT2D eigenvalue weighted by molar-refractivity contribution is 7.19. The highest BCUT2D eigenvalue weighted by Crippen LogP contribution is 2.44. The first-order valence-corrected chi connectivity index (χ1v) is 15.8. The molecule has 4 heterocycles. The number of hydrogen-bond acceptors (Lipinski definition) is 8. The number of piperidine rings is 1. The third kappa shape index (κ3) is 5.69. The van der Waals surface area contributed by atoms with E-state index in [9.17, 15) is 9.90 Å². The predicted octanol–water partition coefficient (Wildman–Crippen LogP) is 4.14. The second-order valence-corrected chi connectivity index (χ2v) is 13.9. The maximum absolute atomic E-state index is 11.8. The Kier molecular flexibility index (Phi) is 7.74. The summed E-state index contributed by atoms with van der Waals surface area (Å²) in [5.41, 5.74) is 10.2. The zero-order valence-corrected chi connectivity index (χ0v) is 25.4.